The second kappa shape index (κ2) is 7.40. The predicted molar refractivity (Wildman–Crippen MR) is 96.9 cm³/mol. The zero-order valence-electron chi connectivity index (χ0n) is 12.2. The predicted octanol–water partition coefficient (Wildman–Crippen LogP) is 3.44. The molecule has 8 heteroatoms. The van der Waals surface area contributed by atoms with Gasteiger partial charge in [0.1, 0.15) is 5.82 Å². The first-order valence-corrected chi connectivity index (χ1v) is 7.87. The van der Waals surface area contributed by atoms with Crippen LogP contribution in [0.5, 0.6) is 0 Å². The summed E-state index contributed by atoms with van der Waals surface area (Å²) in [6, 6.07) is 10.5. The van der Waals surface area contributed by atoms with Gasteiger partial charge >= 0.3 is 0 Å². The molecule has 0 amide bonds. The number of nitrogens with zero attached hydrogens (tertiary/aromatic N) is 4. The highest BCUT2D eigenvalue weighted by atomic mass is 35.5. The molecule has 1 aromatic carbocycles. The van der Waals surface area contributed by atoms with Crippen LogP contribution in [0.25, 0.3) is 16.5 Å². The summed E-state index contributed by atoms with van der Waals surface area (Å²) < 4.78 is 2.12. The van der Waals surface area contributed by atoms with Crippen LogP contribution < -0.4 is 5.73 Å². The number of halogens is 2. The number of hydrogen-bond donors (Lipinski definition) is 1. The Morgan fingerprint density at radius 2 is 1.83 bits per heavy atom. The quantitative estimate of drug-likeness (QED) is 0.767. The van der Waals surface area contributed by atoms with Gasteiger partial charge in [-0.2, -0.15) is 0 Å². The zero-order valence-corrected chi connectivity index (χ0v) is 14.7. The van der Waals surface area contributed by atoms with E-state index in [4.69, 9.17) is 5.73 Å². The molecule has 4 rings (SSSR count). The number of thiazole rings is 1. The summed E-state index contributed by atoms with van der Waals surface area (Å²) in [5, 5.41) is 11.7. The summed E-state index contributed by atoms with van der Waals surface area (Å²) in [6.07, 6.45) is 3.74. The minimum Gasteiger partial charge on any atom is -0.328 e. The van der Waals surface area contributed by atoms with Gasteiger partial charge < -0.3 is 5.73 Å². The summed E-state index contributed by atoms with van der Waals surface area (Å²) >= 11 is 1.58. The molecule has 2 heterocycles. The summed E-state index contributed by atoms with van der Waals surface area (Å²) in [4.78, 5) is 4.37. The largest absolute Gasteiger partial charge is 0.328 e. The lowest BCUT2D eigenvalue weighted by molar-refractivity contribution is 0.335. The fraction of sp³-hybridized carbons (Fsp3) is 0.267. The topological polar surface area (TPSA) is 69.6 Å². The maximum absolute atomic E-state index is 5.93. The number of rotatable bonds is 3. The monoisotopic (exact) mass is 369 g/mol. The molecule has 23 heavy (non-hydrogen) atoms. The van der Waals surface area contributed by atoms with E-state index in [1.165, 1.54) is 0 Å². The number of para-hydroxylation sites is 1. The minimum atomic E-state index is 0. The molecule has 122 valence electrons. The molecule has 5 nitrogen and oxygen atoms in total. The SMILES string of the molecule is Cl.Cl.NC1CC(c2nnc(-c3nccs3)n2-c2ccccc2)C1. The Labute approximate surface area is 150 Å². The van der Waals surface area contributed by atoms with E-state index in [0.717, 1.165) is 35.2 Å². The van der Waals surface area contributed by atoms with Crippen molar-refractivity contribution >= 4 is 36.2 Å². The Morgan fingerprint density at radius 1 is 1.09 bits per heavy atom. The molecule has 0 radical (unpaired) electrons. The van der Waals surface area contributed by atoms with E-state index in [2.05, 4.69) is 31.9 Å². The molecule has 0 atom stereocenters. The summed E-state index contributed by atoms with van der Waals surface area (Å²) in [5.41, 5.74) is 7.00. The first kappa shape index (κ1) is 17.9. The maximum Gasteiger partial charge on any atom is 0.197 e. The van der Waals surface area contributed by atoms with Crippen molar-refractivity contribution in [2.24, 2.45) is 5.73 Å². The van der Waals surface area contributed by atoms with E-state index in [-0.39, 0.29) is 24.8 Å². The van der Waals surface area contributed by atoms with Gasteiger partial charge in [-0.1, -0.05) is 18.2 Å². The van der Waals surface area contributed by atoms with Crippen LogP contribution >= 0.6 is 36.2 Å². The molecular weight excluding hydrogens is 353 g/mol. The van der Waals surface area contributed by atoms with Crippen LogP contribution in [0.15, 0.2) is 41.9 Å². The van der Waals surface area contributed by atoms with Crippen molar-refractivity contribution in [3.05, 3.63) is 47.7 Å². The summed E-state index contributed by atoms with van der Waals surface area (Å²) in [7, 11) is 0. The Kier molecular flexibility index (Phi) is 5.75. The van der Waals surface area contributed by atoms with Gasteiger partial charge in [0, 0.05) is 29.2 Å². The van der Waals surface area contributed by atoms with Gasteiger partial charge in [-0.15, -0.1) is 46.3 Å². The fourth-order valence-electron chi connectivity index (χ4n) is 2.74. The van der Waals surface area contributed by atoms with E-state index in [1.807, 2.05) is 23.6 Å². The molecule has 0 saturated heterocycles. The highest BCUT2D eigenvalue weighted by Gasteiger charge is 2.33. The number of aromatic nitrogens is 4. The van der Waals surface area contributed by atoms with Crippen molar-refractivity contribution in [1.29, 1.82) is 0 Å². The van der Waals surface area contributed by atoms with Crippen LogP contribution in [0.2, 0.25) is 0 Å². The molecular formula is C15H17Cl2N5S. The second-order valence-corrected chi connectivity index (χ2v) is 6.21. The lowest BCUT2D eigenvalue weighted by atomic mass is 9.80. The van der Waals surface area contributed by atoms with E-state index in [0.29, 0.717) is 12.0 Å². The molecule has 0 aliphatic heterocycles. The molecule has 2 aromatic heterocycles. The molecule has 1 saturated carbocycles. The minimum absolute atomic E-state index is 0. The van der Waals surface area contributed by atoms with Gasteiger partial charge in [-0.25, -0.2) is 4.98 Å². The van der Waals surface area contributed by atoms with Gasteiger partial charge in [0.2, 0.25) is 0 Å². The molecule has 2 N–H and O–H groups in total. The third-order valence-corrected chi connectivity index (χ3v) is 4.63. The van der Waals surface area contributed by atoms with Crippen LogP contribution in [0.1, 0.15) is 24.6 Å². The van der Waals surface area contributed by atoms with Crippen LogP contribution in [0.3, 0.4) is 0 Å². The van der Waals surface area contributed by atoms with Crippen molar-refractivity contribution in [1.82, 2.24) is 19.7 Å². The van der Waals surface area contributed by atoms with Gasteiger partial charge in [0.15, 0.2) is 10.8 Å². The Bertz CT molecular complexity index is 739. The van der Waals surface area contributed by atoms with Crippen molar-refractivity contribution in [3.8, 4) is 16.5 Å². The smallest absolute Gasteiger partial charge is 0.197 e. The fourth-order valence-corrected chi connectivity index (χ4v) is 3.35. The van der Waals surface area contributed by atoms with E-state index in [9.17, 15) is 0 Å². The van der Waals surface area contributed by atoms with Crippen molar-refractivity contribution in [2.75, 3.05) is 0 Å². The van der Waals surface area contributed by atoms with Gasteiger partial charge in [0.05, 0.1) is 0 Å². The first-order valence-electron chi connectivity index (χ1n) is 6.99. The zero-order chi connectivity index (χ0) is 14.2. The van der Waals surface area contributed by atoms with Crippen molar-refractivity contribution in [3.63, 3.8) is 0 Å². The van der Waals surface area contributed by atoms with Gasteiger partial charge in [-0.05, 0) is 25.0 Å². The third kappa shape index (κ3) is 3.26. The lowest BCUT2D eigenvalue weighted by Crippen LogP contribution is -2.36. The third-order valence-electron chi connectivity index (χ3n) is 3.87. The standard InChI is InChI=1S/C15H15N5S.2ClH/c16-11-8-10(9-11)13-18-19-14(15-17-6-7-21-15)20(13)12-4-2-1-3-5-12;;/h1-7,10-11H,8-9,16H2;2*1H. The molecule has 1 aliphatic rings. The van der Waals surface area contributed by atoms with E-state index >= 15 is 0 Å². The van der Waals surface area contributed by atoms with E-state index < -0.39 is 0 Å². The lowest BCUT2D eigenvalue weighted by Gasteiger charge is -2.31. The molecule has 0 spiro atoms. The van der Waals surface area contributed by atoms with Crippen molar-refractivity contribution < 1.29 is 0 Å². The first-order chi connectivity index (χ1) is 10.3. The second-order valence-electron chi connectivity index (χ2n) is 5.32. The molecule has 1 aliphatic carbocycles. The van der Waals surface area contributed by atoms with Crippen LogP contribution in [-0.4, -0.2) is 25.8 Å². The Morgan fingerprint density at radius 3 is 2.43 bits per heavy atom. The maximum atomic E-state index is 5.93. The number of nitrogens with two attached hydrogens (primary N) is 1. The van der Waals surface area contributed by atoms with Gasteiger partial charge in [-0.3, -0.25) is 4.57 Å². The average Bonchev–Trinajstić information content (AvgIpc) is 3.13. The normalized spacial score (nSPS) is 19.3. The van der Waals surface area contributed by atoms with Gasteiger partial charge in [0.25, 0.3) is 0 Å². The van der Waals surface area contributed by atoms with Crippen LogP contribution in [0, 0.1) is 0 Å². The van der Waals surface area contributed by atoms with Crippen LogP contribution in [-0.2, 0) is 0 Å². The molecule has 1 fully saturated rings. The number of hydrogen-bond acceptors (Lipinski definition) is 5. The Hall–Kier alpha value is -1.47. The van der Waals surface area contributed by atoms with E-state index in [1.54, 1.807) is 17.5 Å². The number of benzene rings is 1. The molecule has 0 unspecified atom stereocenters. The van der Waals surface area contributed by atoms with Crippen LogP contribution in [0.4, 0.5) is 0 Å². The molecule has 3 aromatic rings. The average molecular weight is 370 g/mol. The summed E-state index contributed by atoms with van der Waals surface area (Å²) in [6.45, 7) is 0. The Balaban J connectivity index is 0.000000960. The highest BCUT2D eigenvalue weighted by molar-refractivity contribution is 7.13. The molecule has 0 bridgehead atoms. The van der Waals surface area contributed by atoms with Crippen molar-refractivity contribution in [2.45, 2.75) is 24.8 Å². The summed E-state index contributed by atoms with van der Waals surface area (Å²) in [5.74, 6) is 2.20. The highest BCUT2D eigenvalue weighted by Crippen LogP contribution is 2.37.